The first-order chi connectivity index (χ1) is 7.38. The molecule has 1 heterocycles. The van der Waals surface area contributed by atoms with Crippen LogP contribution in [0.5, 0.6) is 0 Å². The first-order valence-corrected chi connectivity index (χ1v) is 6.32. The number of nitrogens with zero attached hydrogens (tertiary/aromatic N) is 1. The van der Waals surface area contributed by atoms with Crippen LogP contribution in [0.25, 0.3) is 0 Å². The number of carbonyl (C=O) groups excluding carboxylic acids is 1. The fourth-order valence-electron chi connectivity index (χ4n) is 1.38. The Bertz CT molecular complexity index is 327. The number of carbonyl (C=O) groups is 1. The van der Waals surface area contributed by atoms with Crippen LogP contribution in [0.1, 0.15) is 25.1 Å². The largest absolute Gasteiger partial charge is 0.345 e. The predicted octanol–water partition coefficient (Wildman–Crippen LogP) is 1.88. The standard InChI is InChI=1S/C12H20N2OS/c1-12(2,13)9-11(15)14(3)7-6-10-5-4-8-16-10/h4-5,8H,6-7,9,13H2,1-3H3. The normalized spacial score (nSPS) is 11.5. The highest BCUT2D eigenvalue weighted by Gasteiger charge is 2.19. The molecule has 0 spiro atoms. The Morgan fingerprint density at radius 2 is 2.25 bits per heavy atom. The minimum absolute atomic E-state index is 0.115. The fraction of sp³-hybridized carbons (Fsp3) is 0.583. The van der Waals surface area contributed by atoms with Gasteiger partial charge in [0.25, 0.3) is 0 Å². The van der Waals surface area contributed by atoms with E-state index in [-0.39, 0.29) is 5.91 Å². The molecule has 4 heteroatoms. The van der Waals surface area contributed by atoms with Gasteiger partial charge in [-0.2, -0.15) is 0 Å². The van der Waals surface area contributed by atoms with Crippen molar-refractivity contribution in [3.05, 3.63) is 22.4 Å². The SMILES string of the molecule is CN(CCc1cccs1)C(=O)CC(C)(C)N. The Kier molecular flexibility index (Phi) is 4.50. The van der Waals surface area contributed by atoms with Gasteiger partial charge in [-0.3, -0.25) is 4.79 Å². The highest BCUT2D eigenvalue weighted by Crippen LogP contribution is 2.11. The molecule has 0 bridgehead atoms. The Morgan fingerprint density at radius 3 is 2.75 bits per heavy atom. The summed E-state index contributed by atoms with van der Waals surface area (Å²) in [6.07, 6.45) is 1.32. The summed E-state index contributed by atoms with van der Waals surface area (Å²) in [5, 5.41) is 2.06. The molecule has 0 fully saturated rings. The van der Waals surface area contributed by atoms with Crippen LogP contribution in [0, 0.1) is 0 Å². The number of hydrogen-bond donors (Lipinski definition) is 1. The van der Waals surface area contributed by atoms with Crippen LogP contribution < -0.4 is 5.73 Å². The van der Waals surface area contributed by atoms with Crippen LogP contribution in [0.15, 0.2) is 17.5 Å². The molecule has 1 aromatic heterocycles. The van der Waals surface area contributed by atoms with Gasteiger partial charge in [0.2, 0.25) is 5.91 Å². The van der Waals surface area contributed by atoms with Gasteiger partial charge >= 0.3 is 0 Å². The van der Waals surface area contributed by atoms with Crippen LogP contribution in [-0.2, 0) is 11.2 Å². The summed E-state index contributed by atoms with van der Waals surface area (Å²) in [6, 6.07) is 4.13. The van der Waals surface area contributed by atoms with Crippen molar-refractivity contribution >= 4 is 17.2 Å². The third-order valence-corrected chi connectivity index (χ3v) is 3.24. The van der Waals surface area contributed by atoms with Crippen molar-refractivity contribution in [2.75, 3.05) is 13.6 Å². The van der Waals surface area contributed by atoms with Crippen LogP contribution >= 0.6 is 11.3 Å². The minimum atomic E-state index is -0.422. The number of thiophene rings is 1. The summed E-state index contributed by atoms with van der Waals surface area (Å²) >= 11 is 1.73. The second kappa shape index (κ2) is 5.46. The van der Waals surface area contributed by atoms with Crippen molar-refractivity contribution in [1.29, 1.82) is 0 Å². The molecule has 0 unspecified atom stereocenters. The third kappa shape index (κ3) is 4.77. The fourth-order valence-corrected chi connectivity index (χ4v) is 2.08. The zero-order valence-corrected chi connectivity index (χ0v) is 11.0. The van der Waals surface area contributed by atoms with Gasteiger partial charge in [-0.25, -0.2) is 0 Å². The monoisotopic (exact) mass is 240 g/mol. The van der Waals surface area contributed by atoms with Gasteiger partial charge in [0.1, 0.15) is 0 Å². The molecule has 2 N–H and O–H groups in total. The molecular weight excluding hydrogens is 220 g/mol. The Hall–Kier alpha value is -0.870. The molecule has 1 amide bonds. The molecule has 90 valence electrons. The second-order valence-corrected chi connectivity index (χ2v) is 5.84. The Morgan fingerprint density at radius 1 is 1.56 bits per heavy atom. The molecule has 1 aromatic rings. The highest BCUT2D eigenvalue weighted by molar-refractivity contribution is 7.09. The second-order valence-electron chi connectivity index (χ2n) is 4.81. The van der Waals surface area contributed by atoms with E-state index in [9.17, 15) is 4.79 Å². The molecule has 0 saturated heterocycles. The van der Waals surface area contributed by atoms with E-state index < -0.39 is 5.54 Å². The zero-order chi connectivity index (χ0) is 12.2. The van der Waals surface area contributed by atoms with Gasteiger partial charge in [0.15, 0.2) is 0 Å². The summed E-state index contributed by atoms with van der Waals surface area (Å²) < 4.78 is 0. The van der Waals surface area contributed by atoms with Gasteiger partial charge in [0, 0.05) is 30.4 Å². The number of amides is 1. The van der Waals surface area contributed by atoms with Crippen molar-refractivity contribution < 1.29 is 4.79 Å². The summed E-state index contributed by atoms with van der Waals surface area (Å²) in [5.41, 5.74) is 5.40. The maximum absolute atomic E-state index is 11.8. The lowest BCUT2D eigenvalue weighted by atomic mass is 10.0. The number of likely N-dealkylation sites (N-methyl/N-ethyl adjacent to an activating group) is 1. The molecular formula is C12H20N2OS. The maximum Gasteiger partial charge on any atom is 0.224 e. The van der Waals surface area contributed by atoms with Gasteiger partial charge in [-0.1, -0.05) is 6.07 Å². The maximum atomic E-state index is 11.8. The van der Waals surface area contributed by atoms with Crippen molar-refractivity contribution in [3.63, 3.8) is 0 Å². The Labute approximate surface area is 101 Å². The average Bonchev–Trinajstić information content (AvgIpc) is 2.63. The van der Waals surface area contributed by atoms with Crippen molar-refractivity contribution in [2.24, 2.45) is 5.73 Å². The molecule has 3 nitrogen and oxygen atoms in total. The van der Waals surface area contributed by atoms with Crippen LogP contribution in [0.2, 0.25) is 0 Å². The van der Waals surface area contributed by atoms with Crippen molar-refractivity contribution in [3.8, 4) is 0 Å². The van der Waals surface area contributed by atoms with E-state index in [1.807, 2.05) is 27.0 Å². The first-order valence-electron chi connectivity index (χ1n) is 5.44. The van der Waals surface area contributed by atoms with E-state index in [2.05, 4.69) is 11.4 Å². The van der Waals surface area contributed by atoms with Crippen LogP contribution in [-0.4, -0.2) is 29.9 Å². The summed E-state index contributed by atoms with van der Waals surface area (Å²) in [4.78, 5) is 14.8. The van der Waals surface area contributed by atoms with Gasteiger partial charge in [-0.15, -0.1) is 11.3 Å². The smallest absolute Gasteiger partial charge is 0.224 e. The summed E-state index contributed by atoms with van der Waals surface area (Å²) in [5.74, 6) is 0.115. The minimum Gasteiger partial charge on any atom is -0.345 e. The number of nitrogens with two attached hydrogens (primary N) is 1. The van der Waals surface area contributed by atoms with E-state index in [1.165, 1.54) is 4.88 Å². The lowest BCUT2D eigenvalue weighted by Crippen LogP contribution is -2.40. The van der Waals surface area contributed by atoms with E-state index in [0.29, 0.717) is 6.42 Å². The molecule has 0 aliphatic heterocycles. The van der Waals surface area contributed by atoms with Gasteiger partial charge < -0.3 is 10.6 Å². The molecule has 0 saturated carbocycles. The summed E-state index contributed by atoms with van der Waals surface area (Å²) in [7, 11) is 1.84. The predicted molar refractivity (Wildman–Crippen MR) is 68.5 cm³/mol. The molecule has 0 aliphatic carbocycles. The number of rotatable bonds is 5. The average molecular weight is 240 g/mol. The first kappa shape index (κ1) is 13.2. The molecule has 0 aromatic carbocycles. The van der Waals surface area contributed by atoms with E-state index in [1.54, 1.807) is 16.2 Å². The van der Waals surface area contributed by atoms with Crippen molar-refractivity contribution in [2.45, 2.75) is 32.2 Å². The number of hydrogen-bond acceptors (Lipinski definition) is 3. The lowest BCUT2D eigenvalue weighted by Gasteiger charge is -2.23. The molecule has 1 rings (SSSR count). The van der Waals surface area contributed by atoms with E-state index >= 15 is 0 Å². The van der Waals surface area contributed by atoms with Crippen LogP contribution in [0.3, 0.4) is 0 Å². The summed E-state index contributed by atoms with van der Waals surface area (Å²) in [6.45, 7) is 4.51. The van der Waals surface area contributed by atoms with Gasteiger partial charge in [0.05, 0.1) is 0 Å². The van der Waals surface area contributed by atoms with E-state index in [4.69, 9.17) is 5.73 Å². The molecule has 16 heavy (non-hydrogen) atoms. The quantitative estimate of drug-likeness (QED) is 0.854. The lowest BCUT2D eigenvalue weighted by molar-refractivity contribution is -0.130. The Balaban J connectivity index is 2.35. The van der Waals surface area contributed by atoms with E-state index in [0.717, 1.165) is 13.0 Å². The molecule has 0 atom stereocenters. The zero-order valence-electron chi connectivity index (χ0n) is 10.2. The highest BCUT2D eigenvalue weighted by atomic mass is 32.1. The molecule has 0 aliphatic rings. The molecule has 0 radical (unpaired) electrons. The third-order valence-electron chi connectivity index (χ3n) is 2.31. The topological polar surface area (TPSA) is 46.3 Å². The van der Waals surface area contributed by atoms with Crippen LogP contribution in [0.4, 0.5) is 0 Å². The van der Waals surface area contributed by atoms with Gasteiger partial charge in [-0.05, 0) is 31.7 Å². The van der Waals surface area contributed by atoms with Crippen molar-refractivity contribution in [1.82, 2.24) is 4.90 Å².